The molecule has 2 rings (SSSR count). The fraction of sp³-hybridized carbons (Fsp3) is 0.500. The highest BCUT2D eigenvalue weighted by Crippen LogP contribution is 2.27. The van der Waals surface area contributed by atoms with Crippen LogP contribution in [0.5, 0.6) is 0 Å². The van der Waals surface area contributed by atoms with E-state index in [1.807, 2.05) is 0 Å². The number of benzene rings is 1. The highest BCUT2D eigenvalue weighted by atomic mass is 16.6. The molecule has 0 aromatic heterocycles. The molecular weight excluding hydrogens is 282 g/mol. The second-order valence-corrected chi connectivity index (χ2v) is 6.49. The lowest BCUT2D eigenvalue weighted by atomic mass is 10.2. The van der Waals surface area contributed by atoms with Crippen molar-refractivity contribution in [3.05, 3.63) is 29.8 Å². The molecule has 22 heavy (non-hydrogen) atoms. The van der Waals surface area contributed by atoms with E-state index < -0.39 is 11.7 Å². The average Bonchev–Trinajstić information content (AvgIpc) is 3.25. The number of anilines is 1. The van der Waals surface area contributed by atoms with Crippen molar-refractivity contribution in [1.29, 1.82) is 0 Å². The van der Waals surface area contributed by atoms with Crippen LogP contribution in [0.3, 0.4) is 0 Å². The molecule has 6 nitrogen and oxygen atoms in total. The second-order valence-electron chi connectivity index (χ2n) is 6.49. The van der Waals surface area contributed by atoms with Crippen LogP contribution in [0.4, 0.5) is 10.5 Å². The SMILES string of the molecule is CC(C)(C)OC(=O)NNc1cccc(C(=O)NCC2CC2)c1. The number of ether oxygens (including phenoxy) is 1. The summed E-state index contributed by atoms with van der Waals surface area (Å²) in [5, 5.41) is 2.91. The fourth-order valence-electron chi connectivity index (χ4n) is 1.83. The Balaban J connectivity index is 1.85. The van der Waals surface area contributed by atoms with Gasteiger partial charge in [0.1, 0.15) is 5.60 Å². The van der Waals surface area contributed by atoms with Crippen molar-refractivity contribution in [3.8, 4) is 0 Å². The number of hydrogen-bond donors (Lipinski definition) is 3. The van der Waals surface area contributed by atoms with E-state index in [1.165, 1.54) is 12.8 Å². The van der Waals surface area contributed by atoms with E-state index >= 15 is 0 Å². The van der Waals surface area contributed by atoms with Gasteiger partial charge >= 0.3 is 6.09 Å². The van der Waals surface area contributed by atoms with Crippen molar-refractivity contribution in [3.63, 3.8) is 0 Å². The molecule has 0 bridgehead atoms. The van der Waals surface area contributed by atoms with Gasteiger partial charge in [-0.2, -0.15) is 0 Å². The van der Waals surface area contributed by atoms with Gasteiger partial charge in [0, 0.05) is 12.1 Å². The molecule has 0 spiro atoms. The smallest absolute Gasteiger partial charge is 0.426 e. The molecular formula is C16H23N3O3. The molecule has 1 aromatic carbocycles. The summed E-state index contributed by atoms with van der Waals surface area (Å²) in [6, 6.07) is 6.93. The van der Waals surface area contributed by atoms with Crippen molar-refractivity contribution >= 4 is 17.7 Å². The largest absolute Gasteiger partial charge is 0.443 e. The van der Waals surface area contributed by atoms with Crippen molar-refractivity contribution in [1.82, 2.24) is 10.7 Å². The molecule has 1 saturated carbocycles. The maximum atomic E-state index is 12.0. The third-order valence-corrected chi connectivity index (χ3v) is 3.08. The predicted molar refractivity (Wildman–Crippen MR) is 84.5 cm³/mol. The summed E-state index contributed by atoms with van der Waals surface area (Å²) < 4.78 is 5.12. The van der Waals surface area contributed by atoms with Gasteiger partial charge in [0.2, 0.25) is 0 Å². The van der Waals surface area contributed by atoms with Crippen LogP contribution < -0.4 is 16.2 Å². The van der Waals surface area contributed by atoms with Gasteiger partial charge in [-0.3, -0.25) is 10.2 Å². The Morgan fingerprint density at radius 3 is 2.64 bits per heavy atom. The van der Waals surface area contributed by atoms with Crippen LogP contribution in [0.2, 0.25) is 0 Å². The Morgan fingerprint density at radius 1 is 1.27 bits per heavy atom. The molecule has 1 aliphatic carbocycles. The number of nitrogens with one attached hydrogen (secondary N) is 3. The second kappa shape index (κ2) is 6.68. The summed E-state index contributed by atoms with van der Waals surface area (Å²) in [6.07, 6.45) is 1.82. The van der Waals surface area contributed by atoms with E-state index in [9.17, 15) is 9.59 Å². The van der Waals surface area contributed by atoms with Gasteiger partial charge in [0.25, 0.3) is 5.91 Å². The number of hydrogen-bond acceptors (Lipinski definition) is 4. The Morgan fingerprint density at radius 2 is 2.00 bits per heavy atom. The number of rotatable bonds is 5. The highest BCUT2D eigenvalue weighted by Gasteiger charge is 2.22. The molecule has 0 radical (unpaired) electrons. The first kappa shape index (κ1) is 16.1. The summed E-state index contributed by atoms with van der Waals surface area (Å²) >= 11 is 0. The molecule has 1 fully saturated rings. The van der Waals surface area contributed by atoms with Gasteiger partial charge in [-0.15, -0.1) is 0 Å². The molecule has 1 aromatic rings. The topological polar surface area (TPSA) is 79.5 Å². The van der Waals surface area contributed by atoms with Gasteiger partial charge in [-0.05, 0) is 57.7 Å². The Hall–Kier alpha value is -2.24. The molecule has 0 atom stereocenters. The van der Waals surface area contributed by atoms with E-state index in [1.54, 1.807) is 45.0 Å². The lowest BCUT2D eigenvalue weighted by molar-refractivity contribution is 0.0541. The average molecular weight is 305 g/mol. The summed E-state index contributed by atoms with van der Waals surface area (Å²) in [4.78, 5) is 23.6. The van der Waals surface area contributed by atoms with Crippen LogP contribution in [-0.2, 0) is 4.74 Å². The number of carbonyl (C=O) groups excluding carboxylic acids is 2. The van der Waals surface area contributed by atoms with Crippen LogP contribution in [0.1, 0.15) is 44.0 Å². The first-order valence-corrected chi connectivity index (χ1v) is 7.47. The van der Waals surface area contributed by atoms with Gasteiger partial charge in [-0.25, -0.2) is 10.2 Å². The van der Waals surface area contributed by atoms with E-state index in [0.29, 0.717) is 17.2 Å². The number of hydrazine groups is 1. The number of carbonyl (C=O) groups is 2. The maximum Gasteiger partial charge on any atom is 0.426 e. The lowest BCUT2D eigenvalue weighted by Gasteiger charge is -2.20. The first-order chi connectivity index (χ1) is 10.3. The molecule has 6 heteroatoms. The molecule has 1 aliphatic rings. The van der Waals surface area contributed by atoms with E-state index in [-0.39, 0.29) is 5.91 Å². The molecule has 120 valence electrons. The van der Waals surface area contributed by atoms with Crippen molar-refractivity contribution in [2.75, 3.05) is 12.0 Å². The molecule has 0 aliphatic heterocycles. The van der Waals surface area contributed by atoms with Crippen molar-refractivity contribution < 1.29 is 14.3 Å². The van der Waals surface area contributed by atoms with E-state index in [2.05, 4.69) is 16.2 Å². The van der Waals surface area contributed by atoms with Gasteiger partial charge in [0.05, 0.1) is 5.69 Å². The molecule has 0 heterocycles. The van der Waals surface area contributed by atoms with Crippen molar-refractivity contribution in [2.45, 2.75) is 39.2 Å². The number of amides is 2. The normalized spacial score (nSPS) is 14.1. The minimum atomic E-state index is -0.573. The summed E-state index contributed by atoms with van der Waals surface area (Å²) in [5.74, 6) is 0.534. The summed E-state index contributed by atoms with van der Waals surface area (Å²) in [5.41, 5.74) is 5.78. The third-order valence-electron chi connectivity index (χ3n) is 3.08. The quantitative estimate of drug-likeness (QED) is 0.731. The minimum absolute atomic E-state index is 0.104. The van der Waals surface area contributed by atoms with Crippen LogP contribution in [-0.4, -0.2) is 24.1 Å². The van der Waals surface area contributed by atoms with Crippen LogP contribution in [0.25, 0.3) is 0 Å². The minimum Gasteiger partial charge on any atom is -0.443 e. The Kier molecular flexibility index (Phi) is 4.90. The van der Waals surface area contributed by atoms with Crippen molar-refractivity contribution in [2.24, 2.45) is 5.92 Å². The van der Waals surface area contributed by atoms with Gasteiger partial charge < -0.3 is 10.1 Å². The van der Waals surface area contributed by atoms with Gasteiger partial charge in [-0.1, -0.05) is 6.07 Å². The molecule has 3 N–H and O–H groups in total. The predicted octanol–water partition coefficient (Wildman–Crippen LogP) is 2.68. The van der Waals surface area contributed by atoms with Gasteiger partial charge in [0.15, 0.2) is 0 Å². The summed E-state index contributed by atoms with van der Waals surface area (Å²) in [6.45, 7) is 6.10. The zero-order valence-electron chi connectivity index (χ0n) is 13.2. The van der Waals surface area contributed by atoms with Crippen LogP contribution in [0.15, 0.2) is 24.3 Å². The standard InChI is InChI=1S/C16H23N3O3/c1-16(2,3)22-15(21)19-18-13-6-4-5-12(9-13)14(20)17-10-11-7-8-11/h4-6,9,11,18H,7-8,10H2,1-3H3,(H,17,20)(H,19,21). The Labute approximate surface area is 130 Å². The molecule has 0 unspecified atom stereocenters. The lowest BCUT2D eigenvalue weighted by Crippen LogP contribution is -2.35. The van der Waals surface area contributed by atoms with Crippen LogP contribution >= 0.6 is 0 Å². The zero-order valence-corrected chi connectivity index (χ0v) is 13.2. The maximum absolute atomic E-state index is 12.0. The van der Waals surface area contributed by atoms with Crippen LogP contribution in [0, 0.1) is 5.92 Å². The van der Waals surface area contributed by atoms with E-state index in [4.69, 9.17) is 4.74 Å². The Bertz CT molecular complexity index is 548. The third kappa shape index (κ3) is 5.63. The highest BCUT2D eigenvalue weighted by molar-refractivity contribution is 5.95. The van der Waals surface area contributed by atoms with E-state index in [0.717, 1.165) is 6.54 Å². The molecule has 2 amide bonds. The summed E-state index contributed by atoms with van der Waals surface area (Å²) in [7, 11) is 0. The molecule has 0 saturated heterocycles. The zero-order chi connectivity index (χ0) is 16.2. The fourth-order valence-corrected chi connectivity index (χ4v) is 1.83. The monoisotopic (exact) mass is 305 g/mol. The first-order valence-electron chi connectivity index (χ1n) is 7.47.